The summed E-state index contributed by atoms with van der Waals surface area (Å²) in [4.78, 5) is 11.2. The quantitative estimate of drug-likeness (QED) is 0.467. The van der Waals surface area contributed by atoms with Gasteiger partial charge in [-0.25, -0.2) is 0 Å². The van der Waals surface area contributed by atoms with Crippen molar-refractivity contribution < 1.29 is 9.53 Å². The van der Waals surface area contributed by atoms with E-state index in [4.69, 9.17) is 11.2 Å². The Morgan fingerprint density at radius 3 is 2.69 bits per heavy atom. The summed E-state index contributed by atoms with van der Waals surface area (Å²) in [6.07, 6.45) is 6.36. The second kappa shape index (κ2) is 6.52. The van der Waals surface area contributed by atoms with Crippen LogP contribution in [0.3, 0.4) is 0 Å². The van der Waals surface area contributed by atoms with Crippen LogP contribution < -0.4 is 10.1 Å². The predicted octanol–water partition coefficient (Wildman–Crippen LogP) is 2.44. The molecule has 0 aromatic heterocycles. The third-order valence-corrected chi connectivity index (χ3v) is 1.93. The van der Waals surface area contributed by atoms with Crippen molar-refractivity contribution in [1.82, 2.24) is 0 Å². The minimum Gasteiger partial charge on any atom is -0.427 e. The molecule has 0 saturated heterocycles. The molecule has 0 aliphatic heterocycles. The lowest BCUT2D eigenvalue weighted by molar-refractivity contribution is -0.134. The van der Waals surface area contributed by atoms with E-state index < -0.39 is 0 Å². The number of hydrogen-bond acceptors (Lipinski definition) is 3. The number of anilines is 1. The van der Waals surface area contributed by atoms with Crippen LogP contribution in [0.1, 0.15) is 19.8 Å². The zero-order valence-corrected chi connectivity index (χ0v) is 9.32. The number of ether oxygens (including phenoxy) is 1. The van der Waals surface area contributed by atoms with Crippen molar-refractivity contribution in [3.63, 3.8) is 0 Å². The van der Waals surface area contributed by atoms with Crippen molar-refractivity contribution in [2.24, 2.45) is 0 Å². The number of hydrogen-bond donors (Lipinski definition) is 1. The molecule has 3 nitrogen and oxygen atoms in total. The van der Waals surface area contributed by atoms with Gasteiger partial charge in [0, 0.05) is 12.1 Å². The molecule has 1 N–H and O–H groups in total. The fourth-order valence-corrected chi connectivity index (χ4v) is 1.18. The summed E-state index contributed by atoms with van der Waals surface area (Å²) < 4.78 is 5.11. The van der Waals surface area contributed by atoms with Crippen LogP contribution in [0, 0.1) is 12.3 Å². The molecule has 0 heterocycles. The van der Waals surface area contributed by atoms with Gasteiger partial charge in [0.1, 0.15) is 5.75 Å². The molecule has 0 amide bonds. The topological polar surface area (TPSA) is 38.3 Å². The highest BCUT2D eigenvalue weighted by atomic mass is 16.5. The van der Waals surface area contributed by atoms with E-state index in [-0.39, 0.29) is 5.97 Å². The van der Waals surface area contributed by atoms with Gasteiger partial charge in [-0.2, -0.15) is 0 Å². The molecule has 84 valence electrons. The Morgan fingerprint density at radius 1 is 1.44 bits per heavy atom. The molecular weight excluding hydrogens is 202 g/mol. The average Bonchev–Trinajstić information content (AvgIpc) is 2.28. The third-order valence-electron chi connectivity index (χ3n) is 1.93. The second-order valence-electron chi connectivity index (χ2n) is 3.31. The number of terminal acetylenes is 1. The highest BCUT2D eigenvalue weighted by Crippen LogP contribution is 2.16. The number of esters is 1. The normalized spacial score (nSPS) is 9.25. The molecule has 0 bridgehead atoms. The molecule has 1 aromatic rings. The summed E-state index contributed by atoms with van der Waals surface area (Å²) >= 11 is 0. The molecule has 0 saturated carbocycles. The average molecular weight is 217 g/mol. The molecule has 0 unspecified atom stereocenters. The van der Waals surface area contributed by atoms with Crippen LogP contribution in [-0.4, -0.2) is 12.5 Å². The minimum atomic E-state index is -0.202. The fourth-order valence-electron chi connectivity index (χ4n) is 1.18. The summed E-state index contributed by atoms with van der Waals surface area (Å²) in [5.74, 6) is 2.84. The fraction of sp³-hybridized carbons (Fsp3) is 0.308. The van der Waals surface area contributed by atoms with E-state index in [1.54, 1.807) is 12.1 Å². The molecule has 0 fully saturated rings. The summed E-state index contributed by atoms with van der Waals surface area (Å²) in [7, 11) is 0. The van der Waals surface area contributed by atoms with Crippen molar-refractivity contribution in [3.05, 3.63) is 24.3 Å². The van der Waals surface area contributed by atoms with Gasteiger partial charge in [-0.15, -0.1) is 6.42 Å². The number of carbonyl (C=O) groups is 1. The van der Waals surface area contributed by atoms with E-state index in [0.717, 1.165) is 12.1 Å². The predicted molar refractivity (Wildman–Crippen MR) is 64.3 cm³/mol. The van der Waals surface area contributed by atoms with Gasteiger partial charge < -0.3 is 10.1 Å². The minimum absolute atomic E-state index is 0.202. The van der Waals surface area contributed by atoms with E-state index in [0.29, 0.717) is 18.7 Å². The van der Waals surface area contributed by atoms with Crippen molar-refractivity contribution in [2.45, 2.75) is 19.8 Å². The Kier molecular flexibility index (Phi) is 4.94. The van der Waals surface area contributed by atoms with Gasteiger partial charge in [-0.05, 0) is 30.7 Å². The smallest absolute Gasteiger partial charge is 0.311 e. The van der Waals surface area contributed by atoms with E-state index >= 15 is 0 Å². The first-order valence-electron chi connectivity index (χ1n) is 5.24. The van der Waals surface area contributed by atoms with Crippen LogP contribution in [0.5, 0.6) is 5.75 Å². The number of benzene rings is 1. The Morgan fingerprint density at radius 2 is 2.12 bits per heavy atom. The summed E-state index contributed by atoms with van der Waals surface area (Å²) in [5, 5.41) is 3.02. The molecule has 0 spiro atoms. The Labute approximate surface area is 95.8 Å². The van der Waals surface area contributed by atoms with Gasteiger partial charge in [-0.1, -0.05) is 12.8 Å². The molecule has 0 radical (unpaired) electrons. The van der Waals surface area contributed by atoms with Gasteiger partial charge in [0.15, 0.2) is 0 Å². The summed E-state index contributed by atoms with van der Waals surface area (Å²) in [6.45, 7) is 2.42. The van der Waals surface area contributed by atoms with Crippen LogP contribution >= 0.6 is 0 Å². The van der Waals surface area contributed by atoms with Gasteiger partial charge >= 0.3 is 5.97 Å². The molecule has 0 aliphatic rings. The van der Waals surface area contributed by atoms with Gasteiger partial charge in [0.2, 0.25) is 0 Å². The van der Waals surface area contributed by atoms with Gasteiger partial charge in [-0.3, -0.25) is 4.79 Å². The first-order valence-corrected chi connectivity index (χ1v) is 5.24. The van der Waals surface area contributed by atoms with E-state index in [1.165, 1.54) is 0 Å². The van der Waals surface area contributed by atoms with Crippen molar-refractivity contribution in [2.75, 3.05) is 11.9 Å². The maximum Gasteiger partial charge on any atom is 0.311 e. The Balaban J connectivity index is 2.51. The van der Waals surface area contributed by atoms with Crippen molar-refractivity contribution in [3.8, 4) is 18.1 Å². The summed E-state index contributed by atoms with van der Waals surface area (Å²) in [6, 6.07) is 7.14. The Hall–Kier alpha value is -1.95. The van der Waals surface area contributed by atoms with Crippen LogP contribution in [-0.2, 0) is 4.79 Å². The number of nitrogens with one attached hydrogen (secondary N) is 1. The van der Waals surface area contributed by atoms with E-state index in [2.05, 4.69) is 11.2 Å². The van der Waals surface area contributed by atoms with Crippen LogP contribution in [0.25, 0.3) is 0 Å². The largest absolute Gasteiger partial charge is 0.427 e. The molecule has 0 aliphatic carbocycles. The molecular formula is C13H15NO2. The maximum atomic E-state index is 11.2. The molecule has 16 heavy (non-hydrogen) atoms. The maximum absolute atomic E-state index is 11.2. The summed E-state index contributed by atoms with van der Waals surface area (Å²) in [5.41, 5.74) is 0.910. The number of carbonyl (C=O) groups excluding carboxylic acids is 1. The molecule has 0 atom stereocenters. The lowest BCUT2D eigenvalue weighted by atomic mass is 10.3. The second-order valence-corrected chi connectivity index (χ2v) is 3.31. The van der Waals surface area contributed by atoms with E-state index in [1.807, 2.05) is 19.1 Å². The Bertz CT molecular complexity index is 376. The monoisotopic (exact) mass is 217 g/mol. The first-order chi connectivity index (χ1) is 7.76. The number of rotatable bonds is 5. The molecule has 3 heteroatoms. The SMILES string of the molecule is C#CCNc1ccc(OC(=O)CCC)cc1. The first kappa shape index (κ1) is 12.1. The van der Waals surface area contributed by atoms with Crippen LogP contribution in [0.4, 0.5) is 5.69 Å². The van der Waals surface area contributed by atoms with Crippen molar-refractivity contribution >= 4 is 11.7 Å². The third kappa shape index (κ3) is 4.05. The highest BCUT2D eigenvalue weighted by Gasteiger charge is 2.02. The zero-order valence-electron chi connectivity index (χ0n) is 9.32. The zero-order chi connectivity index (χ0) is 11.8. The van der Waals surface area contributed by atoms with Gasteiger partial charge in [0.25, 0.3) is 0 Å². The van der Waals surface area contributed by atoms with Crippen LogP contribution in [0.2, 0.25) is 0 Å². The van der Waals surface area contributed by atoms with E-state index in [9.17, 15) is 4.79 Å². The lowest BCUT2D eigenvalue weighted by Gasteiger charge is -2.05. The van der Waals surface area contributed by atoms with Crippen LogP contribution in [0.15, 0.2) is 24.3 Å². The lowest BCUT2D eigenvalue weighted by Crippen LogP contribution is -2.06. The molecule has 1 rings (SSSR count). The van der Waals surface area contributed by atoms with Gasteiger partial charge in [0.05, 0.1) is 6.54 Å². The highest BCUT2D eigenvalue weighted by molar-refractivity contribution is 5.72. The van der Waals surface area contributed by atoms with Crippen molar-refractivity contribution in [1.29, 1.82) is 0 Å². The molecule has 1 aromatic carbocycles. The standard InChI is InChI=1S/C13H15NO2/c1-3-5-13(15)16-12-8-6-11(7-9-12)14-10-4-2/h2,6-9,14H,3,5,10H2,1H3.